The summed E-state index contributed by atoms with van der Waals surface area (Å²) in [6.07, 6.45) is 0. The van der Waals surface area contributed by atoms with E-state index in [9.17, 15) is 14.9 Å². The monoisotopic (exact) mass is 426 g/mol. The highest BCUT2D eigenvalue weighted by Crippen LogP contribution is 2.29. The maximum Gasteiger partial charge on any atom is 0.289 e. The Morgan fingerprint density at radius 1 is 1.32 bits per heavy atom. The molecule has 0 saturated heterocycles. The quantitative estimate of drug-likeness (QED) is 0.510. The van der Waals surface area contributed by atoms with E-state index in [2.05, 4.69) is 35.1 Å². The maximum absolute atomic E-state index is 12.0. The molecule has 0 atom stereocenters. The molecule has 0 aromatic heterocycles. The number of amides is 1. The number of benzene rings is 2. The van der Waals surface area contributed by atoms with E-state index < -0.39 is 10.8 Å². The lowest BCUT2D eigenvalue weighted by Gasteiger charge is -2.11. The van der Waals surface area contributed by atoms with Crippen molar-refractivity contribution in [1.82, 2.24) is 0 Å². The van der Waals surface area contributed by atoms with E-state index in [-0.39, 0.29) is 23.0 Å². The number of nitrogens with zero attached hydrogens (tertiary/aromatic N) is 1. The van der Waals surface area contributed by atoms with Crippen LogP contribution in [0.3, 0.4) is 0 Å². The highest BCUT2D eigenvalue weighted by Gasteiger charge is 2.14. The van der Waals surface area contributed by atoms with Gasteiger partial charge in [0, 0.05) is 11.8 Å². The molecule has 0 saturated carbocycles. The van der Waals surface area contributed by atoms with Gasteiger partial charge in [-0.2, -0.15) is 0 Å². The number of nitro groups is 1. The molecule has 0 heterocycles. The summed E-state index contributed by atoms with van der Waals surface area (Å²) in [7, 11) is 0. The van der Waals surface area contributed by atoms with Crippen LogP contribution in [0.2, 0.25) is 5.02 Å². The van der Waals surface area contributed by atoms with Gasteiger partial charge in [-0.15, -0.1) is 0 Å². The summed E-state index contributed by atoms with van der Waals surface area (Å²) in [4.78, 5) is 22.2. The molecule has 0 aliphatic rings. The van der Waals surface area contributed by atoms with Crippen LogP contribution in [-0.2, 0) is 4.79 Å². The normalized spacial score (nSPS) is 10.6. The van der Waals surface area contributed by atoms with Gasteiger partial charge in [0.1, 0.15) is 10.8 Å². The van der Waals surface area contributed by atoms with Gasteiger partial charge < -0.3 is 10.1 Å². The molecule has 2 rings (SSSR count). The van der Waals surface area contributed by atoms with E-state index in [1.165, 1.54) is 18.2 Å². The fraction of sp³-hybridized carbons (Fsp3) is 0.235. The van der Waals surface area contributed by atoms with E-state index in [4.69, 9.17) is 16.3 Å². The van der Waals surface area contributed by atoms with Crippen LogP contribution in [0.15, 0.2) is 40.9 Å². The molecule has 0 unspecified atom stereocenters. The number of rotatable bonds is 6. The van der Waals surface area contributed by atoms with Gasteiger partial charge >= 0.3 is 0 Å². The Morgan fingerprint density at radius 3 is 2.64 bits per heavy atom. The van der Waals surface area contributed by atoms with Crippen molar-refractivity contribution in [3.8, 4) is 5.75 Å². The van der Waals surface area contributed by atoms with Crippen molar-refractivity contribution >= 4 is 44.8 Å². The molecule has 8 heteroatoms. The number of hydrogen-bond donors (Lipinski definition) is 1. The van der Waals surface area contributed by atoms with Gasteiger partial charge in [-0.1, -0.05) is 31.5 Å². The minimum Gasteiger partial charge on any atom is -0.483 e. The SMILES string of the molecule is CC(C)c1ccc(OCC(=O)Nc2ccc(Cl)c([N+](=O)[O-])c2)c(Br)c1. The zero-order chi connectivity index (χ0) is 18.6. The lowest BCUT2D eigenvalue weighted by Crippen LogP contribution is -2.20. The van der Waals surface area contributed by atoms with E-state index in [1.807, 2.05) is 12.1 Å². The zero-order valence-corrected chi connectivity index (χ0v) is 15.9. The summed E-state index contributed by atoms with van der Waals surface area (Å²) in [6, 6.07) is 9.72. The van der Waals surface area contributed by atoms with Crippen LogP contribution in [0.25, 0.3) is 0 Å². The van der Waals surface area contributed by atoms with Crippen molar-refractivity contribution in [1.29, 1.82) is 0 Å². The van der Waals surface area contributed by atoms with Gasteiger partial charge in [0.05, 0.1) is 9.40 Å². The van der Waals surface area contributed by atoms with E-state index in [0.717, 1.165) is 10.0 Å². The second-order valence-corrected chi connectivity index (χ2v) is 6.87. The third kappa shape index (κ3) is 5.17. The smallest absolute Gasteiger partial charge is 0.289 e. The Bertz CT molecular complexity index is 811. The highest BCUT2D eigenvalue weighted by molar-refractivity contribution is 9.10. The van der Waals surface area contributed by atoms with Crippen LogP contribution in [0.4, 0.5) is 11.4 Å². The van der Waals surface area contributed by atoms with E-state index >= 15 is 0 Å². The minimum absolute atomic E-state index is 0.00780. The van der Waals surface area contributed by atoms with Gasteiger partial charge in [0.2, 0.25) is 0 Å². The first-order valence-electron chi connectivity index (χ1n) is 7.44. The van der Waals surface area contributed by atoms with Crippen LogP contribution >= 0.6 is 27.5 Å². The molecular weight excluding hydrogens is 412 g/mol. The Kier molecular flexibility index (Phi) is 6.39. The summed E-state index contributed by atoms with van der Waals surface area (Å²) in [5.74, 6) is 0.493. The number of hydrogen-bond acceptors (Lipinski definition) is 4. The van der Waals surface area contributed by atoms with Crippen molar-refractivity contribution in [2.75, 3.05) is 11.9 Å². The van der Waals surface area contributed by atoms with E-state index in [1.54, 1.807) is 6.07 Å². The molecule has 0 bridgehead atoms. The molecule has 0 fully saturated rings. The van der Waals surface area contributed by atoms with Gasteiger partial charge in [0.15, 0.2) is 6.61 Å². The molecule has 132 valence electrons. The Balaban J connectivity index is 1.99. The average Bonchev–Trinajstić information content (AvgIpc) is 2.55. The lowest BCUT2D eigenvalue weighted by atomic mass is 10.0. The molecule has 0 aliphatic heterocycles. The van der Waals surface area contributed by atoms with Crippen molar-refractivity contribution in [3.05, 3.63) is 61.6 Å². The fourth-order valence-electron chi connectivity index (χ4n) is 2.06. The topological polar surface area (TPSA) is 81.5 Å². The first-order chi connectivity index (χ1) is 11.8. The Hall–Kier alpha value is -2.12. The van der Waals surface area contributed by atoms with Crippen LogP contribution in [0.5, 0.6) is 5.75 Å². The predicted octanol–water partition coefficient (Wildman–Crippen LogP) is 5.15. The van der Waals surface area contributed by atoms with E-state index in [0.29, 0.717) is 11.7 Å². The van der Waals surface area contributed by atoms with Crippen LogP contribution < -0.4 is 10.1 Å². The maximum atomic E-state index is 12.0. The highest BCUT2D eigenvalue weighted by atomic mass is 79.9. The van der Waals surface area contributed by atoms with Crippen LogP contribution in [0.1, 0.15) is 25.3 Å². The van der Waals surface area contributed by atoms with Crippen molar-refractivity contribution in [2.24, 2.45) is 0 Å². The average molecular weight is 428 g/mol. The van der Waals surface area contributed by atoms with Crippen LogP contribution in [0, 0.1) is 10.1 Å². The summed E-state index contributed by atoms with van der Waals surface area (Å²) < 4.78 is 6.25. The molecule has 6 nitrogen and oxygen atoms in total. The number of nitrogens with one attached hydrogen (secondary N) is 1. The number of carbonyl (C=O) groups excluding carboxylic acids is 1. The first-order valence-corrected chi connectivity index (χ1v) is 8.61. The Labute approximate surface area is 158 Å². The largest absolute Gasteiger partial charge is 0.483 e. The molecular formula is C17H16BrClN2O4. The number of nitro benzene ring substituents is 1. The predicted molar refractivity (Wildman–Crippen MR) is 100 cm³/mol. The number of anilines is 1. The number of carbonyl (C=O) groups is 1. The molecule has 0 radical (unpaired) electrons. The Morgan fingerprint density at radius 2 is 2.04 bits per heavy atom. The van der Waals surface area contributed by atoms with Crippen LogP contribution in [-0.4, -0.2) is 17.4 Å². The summed E-state index contributed by atoms with van der Waals surface area (Å²) in [5.41, 5.74) is 1.16. The molecule has 0 spiro atoms. The summed E-state index contributed by atoms with van der Waals surface area (Å²) in [6.45, 7) is 3.94. The van der Waals surface area contributed by atoms with Crippen molar-refractivity contribution in [3.63, 3.8) is 0 Å². The zero-order valence-electron chi connectivity index (χ0n) is 13.6. The van der Waals surface area contributed by atoms with Crippen molar-refractivity contribution in [2.45, 2.75) is 19.8 Å². The molecule has 1 amide bonds. The van der Waals surface area contributed by atoms with Gasteiger partial charge in [-0.3, -0.25) is 14.9 Å². The number of halogens is 2. The second-order valence-electron chi connectivity index (χ2n) is 5.60. The molecule has 2 aromatic carbocycles. The number of ether oxygens (including phenoxy) is 1. The van der Waals surface area contributed by atoms with Gasteiger partial charge in [0.25, 0.3) is 11.6 Å². The fourth-order valence-corrected chi connectivity index (χ4v) is 2.76. The summed E-state index contributed by atoms with van der Waals surface area (Å²) >= 11 is 9.16. The molecule has 0 aliphatic carbocycles. The standard InChI is InChI=1S/C17H16BrClN2O4/c1-10(2)11-3-6-16(13(18)7-11)25-9-17(22)20-12-4-5-14(19)15(8-12)21(23)24/h3-8,10H,9H2,1-2H3,(H,20,22). The third-order valence-corrected chi connectivity index (χ3v) is 4.35. The molecule has 2 aromatic rings. The van der Waals surface area contributed by atoms with Gasteiger partial charge in [-0.25, -0.2) is 0 Å². The second kappa shape index (κ2) is 8.31. The molecule has 25 heavy (non-hydrogen) atoms. The lowest BCUT2D eigenvalue weighted by molar-refractivity contribution is -0.384. The third-order valence-electron chi connectivity index (χ3n) is 3.41. The summed E-state index contributed by atoms with van der Waals surface area (Å²) in [5, 5.41) is 13.4. The van der Waals surface area contributed by atoms with Gasteiger partial charge in [-0.05, 0) is 51.7 Å². The first kappa shape index (κ1) is 19.2. The van der Waals surface area contributed by atoms with Crippen molar-refractivity contribution < 1.29 is 14.5 Å². The molecule has 1 N–H and O–H groups in total. The minimum atomic E-state index is -0.609.